The van der Waals surface area contributed by atoms with Crippen molar-refractivity contribution >= 4 is 40.9 Å². The molecule has 106 valence electrons. The Morgan fingerprint density at radius 2 is 2.20 bits per heavy atom. The SMILES string of the molecule is O=C(O)CSc1nccn1CCc1ccc(Cl)cc1Cl. The third kappa shape index (κ3) is 4.16. The number of aromatic nitrogens is 2. The lowest BCUT2D eigenvalue weighted by molar-refractivity contribution is -0.133. The van der Waals surface area contributed by atoms with Gasteiger partial charge in [-0.15, -0.1) is 0 Å². The zero-order chi connectivity index (χ0) is 14.5. The van der Waals surface area contributed by atoms with Crippen molar-refractivity contribution in [3.63, 3.8) is 0 Å². The molecule has 0 fully saturated rings. The quantitative estimate of drug-likeness (QED) is 0.822. The van der Waals surface area contributed by atoms with E-state index in [0.29, 0.717) is 21.7 Å². The van der Waals surface area contributed by atoms with Crippen molar-refractivity contribution in [2.24, 2.45) is 0 Å². The number of carboxylic acids is 1. The largest absolute Gasteiger partial charge is 0.481 e. The summed E-state index contributed by atoms with van der Waals surface area (Å²) in [6.07, 6.45) is 4.22. The second-order valence-electron chi connectivity index (χ2n) is 4.07. The van der Waals surface area contributed by atoms with E-state index in [1.807, 2.05) is 16.8 Å². The molecule has 0 saturated carbocycles. The van der Waals surface area contributed by atoms with Crippen molar-refractivity contribution in [1.82, 2.24) is 9.55 Å². The average Bonchev–Trinajstić information content (AvgIpc) is 2.83. The maximum Gasteiger partial charge on any atom is 0.313 e. The Morgan fingerprint density at radius 3 is 2.90 bits per heavy atom. The van der Waals surface area contributed by atoms with E-state index in [1.165, 1.54) is 11.8 Å². The van der Waals surface area contributed by atoms with Crippen LogP contribution in [-0.4, -0.2) is 26.4 Å². The Morgan fingerprint density at radius 1 is 1.40 bits per heavy atom. The smallest absolute Gasteiger partial charge is 0.313 e. The summed E-state index contributed by atoms with van der Waals surface area (Å²) in [4.78, 5) is 14.7. The summed E-state index contributed by atoms with van der Waals surface area (Å²) in [6, 6.07) is 5.41. The van der Waals surface area contributed by atoms with E-state index in [1.54, 1.807) is 18.3 Å². The molecule has 0 atom stereocenters. The Kier molecular flexibility index (Phi) is 5.34. The molecule has 4 nitrogen and oxygen atoms in total. The fourth-order valence-electron chi connectivity index (χ4n) is 1.70. The number of benzene rings is 1. The van der Waals surface area contributed by atoms with Gasteiger partial charge in [0.1, 0.15) is 0 Å². The van der Waals surface area contributed by atoms with Gasteiger partial charge in [-0.1, -0.05) is 41.0 Å². The molecule has 1 aromatic heterocycles. The van der Waals surface area contributed by atoms with Gasteiger partial charge in [0.15, 0.2) is 5.16 Å². The first-order valence-corrected chi connectivity index (χ1v) is 7.60. The zero-order valence-electron chi connectivity index (χ0n) is 10.4. The molecule has 0 bridgehead atoms. The van der Waals surface area contributed by atoms with Crippen LogP contribution >= 0.6 is 35.0 Å². The van der Waals surface area contributed by atoms with Gasteiger partial charge in [0, 0.05) is 29.0 Å². The fourth-order valence-corrected chi connectivity index (χ4v) is 2.91. The number of carboxylic acid groups (broad SMARTS) is 1. The molecule has 0 unspecified atom stereocenters. The van der Waals surface area contributed by atoms with Crippen molar-refractivity contribution in [3.05, 3.63) is 46.2 Å². The molecule has 1 aromatic carbocycles. The van der Waals surface area contributed by atoms with Gasteiger partial charge in [0.05, 0.1) is 5.75 Å². The van der Waals surface area contributed by atoms with Crippen molar-refractivity contribution in [3.8, 4) is 0 Å². The lowest BCUT2D eigenvalue weighted by Crippen LogP contribution is -2.05. The molecule has 2 aromatic rings. The van der Waals surface area contributed by atoms with Crippen LogP contribution < -0.4 is 0 Å². The number of aliphatic carboxylic acids is 1. The first-order chi connectivity index (χ1) is 9.56. The van der Waals surface area contributed by atoms with Gasteiger partial charge in [-0.25, -0.2) is 4.98 Å². The number of hydrogen-bond acceptors (Lipinski definition) is 3. The van der Waals surface area contributed by atoms with Gasteiger partial charge in [-0.2, -0.15) is 0 Å². The topological polar surface area (TPSA) is 55.1 Å². The minimum atomic E-state index is -0.856. The van der Waals surface area contributed by atoms with Crippen LogP contribution in [0.25, 0.3) is 0 Å². The number of imidazole rings is 1. The number of hydrogen-bond donors (Lipinski definition) is 1. The highest BCUT2D eigenvalue weighted by molar-refractivity contribution is 7.99. The van der Waals surface area contributed by atoms with Crippen LogP contribution in [0.1, 0.15) is 5.56 Å². The molecule has 1 N–H and O–H groups in total. The van der Waals surface area contributed by atoms with Crippen LogP contribution in [0.15, 0.2) is 35.7 Å². The normalized spacial score (nSPS) is 10.7. The number of nitrogens with zero attached hydrogens (tertiary/aromatic N) is 2. The monoisotopic (exact) mass is 330 g/mol. The fraction of sp³-hybridized carbons (Fsp3) is 0.231. The summed E-state index contributed by atoms with van der Waals surface area (Å²) in [5, 5.41) is 10.6. The molecule has 0 radical (unpaired) electrons. The van der Waals surface area contributed by atoms with Gasteiger partial charge in [0.2, 0.25) is 0 Å². The molecule has 0 amide bonds. The van der Waals surface area contributed by atoms with E-state index in [9.17, 15) is 4.79 Å². The Hall–Kier alpha value is -1.17. The van der Waals surface area contributed by atoms with Crippen molar-refractivity contribution in [2.75, 3.05) is 5.75 Å². The molecule has 0 aliphatic rings. The molecule has 0 aliphatic heterocycles. The van der Waals surface area contributed by atoms with Gasteiger partial charge < -0.3 is 9.67 Å². The highest BCUT2D eigenvalue weighted by Gasteiger charge is 2.08. The minimum absolute atomic E-state index is 0.00128. The van der Waals surface area contributed by atoms with Gasteiger partial charge in [-0.05, 0) is 24.1 Å². The Labute approximate surface area is 130 Å². The van der Waals surface area contributed by atoms with Crippen molar-refractivity contribution < 1.29 is 9.90 Å². The molecule has 0 aliphatic carbocycles. The average molecular weight is 331 g/mol. The lowest BCUT2D eigenvalue weighted by Gasteiger charge is -2.08. The molecular formula is C13H12Cl2N2O2S. The maximum atomic E-state index is 10.6. The van der Waals surface area contributed by atoms with E-state index >= 15 is 0 Å². The van der Waals surface area contributed by atoms with Crippen LogP contribution in [0.3, 0.4) is 0 Å². The van der Waals surface area contributed by atoms with E-state index in [2.05, 4.69) is 4.98 Å². The van der Waals surface area contributed by atoms with Gasteiger partial charge in [0.25, 0.3) is 0 Å². The molecular weight excluding hydrogens is 319 g/mol. The van der Waals surface area contributed by atoms with Gasteiger partial charge in [-0.3, -0.25) is 4.79 Å². The van der Waals surface area contributed by atoms with Crippen LogP contribution in [0.5, 0.6) is 0 Å². The highest BCUT2D eigenvalue weighted by Crippen LogP contribution is 2.22. The predicted octanol–water partition coefficient (Wildman–Crippen LogP) is 3.61. The number of halogens is 2. The number of aryl methyl sites for hydroxylation is 2. The van der Waals surface area contributed by atoms with Gasteiger partial charge >= 0.3 is 5.97 Å². The number of thioether (sulfide) groups is 1. The second kappa shape index (κ2) is 7.02. The standard InChI is InChI=1S/C13H12Cl2N2O2S/c14-10-2-1-9(11(15)7-10)3-5-17-6-4-16-13(17)20-8-12(18)19/h1-2,4,6-7H,3,5,8H2,(H,18,19). The second-order valence-corrected chi connectivity index (χ2v) is 5.86. The summed E-state index contributed by atoms with van der Waals surface area (Å²) < 4.78 is 1.92. The molecule has 1 heterocycles. The Bertz CT molecular complexity index is 616. The summed E-state index contributed by atoms with van der Waals surface area (Å²) in [7, 11) is 0. The minimum Gasteiger partial charge on any atom is -0.481 e. The molecule has 20 heavy (non-hydrogen) atoms. The highest BCUT2D eigenvalue weighted by atomic mass is 35.5. The van der Waals surface area contributed by atoms with Crippen molar-refractivity contribution in [2.45, 2.75) is 18.1 Å². The lowest BCUT2D eigenvalue weighted by atomic mass is 10.1. The number of rotatable bonds is 6. The molecule has 7 heteroatoms. The maximum absolute atomic E-state index is 10.6. The van der Waals surface area contributed by atoms with Crippen molar-refractivity contribution in [1.29, 1.82) is 0 Å². The van der Waals surface area contributed by atoms with E-state index in [0.717, 1.165) is 12.0 Å². The van der Waals surface area contributed by atoms with Crippen LogP contribution in [0, 0.1) is 0 Å². The third-order valence-electron chi connectivity index (χ3n) is 2.64. The van der Waals surface area contributed by atoms with E-state index in [4.69, 9.17) is 28.3 Å². The van der Waals surface area contributed by atoms with Crippen LogP contribution in [-0.2, 0) is 17.8 Å². The van der Waals surface area contributed by atoms with E-state index in [-0.39, 0.29) is 5.75 Å². The third-order valence-corrected chi connectivity index (χ3v) is 4.22. The summed E-state index contributed by atoms with van der Waals surface area (Å²) in [5.74, 6) is -0.857. The Balaban J connectivity index is 2.00. The summed E-state index contributed by atoms with van der Waals surface area (Å²) in [5.41, 5.74) is 0.999. The molecule has 0 saturated heterocycles. The van der Waals surface area contributed by atoms with Crippen LogP contribution in [0.4, 0.5) is 0 Å². The van der Waals surface area contributed by atoms with E-state index < -0.39 is 5.97 Å². The summed E-state index contributed by atoms with van der Waals surface area (Å²) in [6.45, 7) is 0.684. The first-order valence-electron chi connectivity index (χ1n) is 5.86. The molecule has 0 spiro atoms. The number of carbonyl (C=O) groups is 1. The summed E-state index contributed by atoms with van der Waals surface area (Å²) >= 11 is 13.2. The first kappa shape index (κ1) is 15.2. The van der Waals surface area contributed by atoms with Crippen LogP contribution in [0.2, 0.25) is 10.0 Å². The molecule has 2 rings (SSSR count). The zero-order valence-corrected chi connectivity index (χ0v) is 12.8. The predicted molar refractivity (Wildman–Crippen MR) is 80.8 cm³/mol.